The number of benzene rings is 1. The molecule has 2 rings (SSSR count). The minimum atomic E-state index is 0.480. The van der Waals surface area contributed by atoms with E-state index in [1.54, 1.807) is 18.3 Å². The molecule has 2 aromatic rings. The molecule has 18 heavy (non-hydrogen) atoms. The van der Waals surface area contributed by atoms with E-state index in [0.29, 0.717) is 24.3 Å². The molecule has 0 N–H and O–H groups in total. The lowest BCUT2D eigenvalue weighted by Gasteiger charge is -2.10. The Morgan fingerprint density at radius 1 is 1.50 bits per heavy atom. The molecule has 0 aliphatic carbocycles. The second-order valence-electron chi connectivity index (χ2n) is 3.83. The molecule has 0 saturated heterocycles. The molecule has 0 unspecified atom stereocenters. The third kappa shape index (κ3) is 2.79. The molecule has 1 aromatic carbocycles. The molecular weight excluding hydrogens is 296 g/mol. The van der Waals surface area contributed by atoms with Crippen molar-refractivity contribution in [2.45, 2.75) is 6.42 Å². The largest absolute Gasteiger partial charge is 0.491 e. The van der Waals surface area contributed by atoms with E-state index < -0.39 is 0 Å². The Kier molecular flexibility index (Phi) is 4.15. The summed E-state index contributed by atoms with van der Waals surface area (Å²) in [6.07, 6.45) is 5.14. The maximum absolute atomic E-state index is 10.9. The molecule has 1 aromatic heterocycles. The van der Waals surface area contributed by atoms with Gasteiger partial charge < -0.3 is 9.30 Å². The van der Waals surface area contributed by atoms with Crippen molar-refractivity contribution >= 4 is 22.2 Å². The van der Waals surface area contributed by atoms with Gasteiger partial charge in [-0.25, -0.2) is 4.98 Å². The number of hydrogen-bond acceptors (Lipinski definition) is 3. The molecule has 94 valence electrons. The summed E-state index contributed by atoms with van der Waals surface area (Å²) in [5, 5.41) is 0. The molecule has 0 aliphatic heterocycles. The zero-order valence-corrected chi connectivity index (χ0v) is 11.6. The Bertz CT molecular complexity index is 552. The highest BCUT2D eigenvalue weighted by atomic mass is 79.9. The maximum Gasteiger partial charge on any atom is 0.153 e. The number of imidazole rings is 1. The fourth-order valence-electron chi connectivity index (χ4n) is 1.65. The molecule has 1 heterocycles. The van der Waals surface area contributed by atoms with E-state index in [9.17, 15) is 4.79 Å². The lowest BCUT2D eigenvalue weighted by molar-refractivity contribution is 0.111. The first kappa shape index (κ1) is 12.8. The first-order valence-electron chi connectivity index (χ1n) is 5.55. The Balaban J connectivity index is 2.02. The first-order valence-corrected chi connectivity index (χ1v) is 6.34. The van der Waals surface area contributed by atoms with E-state index >= 15 is 0 Å². The third-order valence-corrected chi connectivity index (χ3v) is 3.24. The number of rotatable bonds is 5. The van der Waals surface area contributed by atoms with Crippen molar-refractivity contribution in [2.75, 3.05) is 6.61 Å². The molecule has 4 nitrogen and oxygen atoms in total. The van der Waals surface area contributed by atoms with Gasteiger partial charge in [0.25, 0.3) is 0 Å². The molecule has 0 amide bonds. The van der Waals surface area contributed by atoms with E-state index in [1.807, 2.05) is 23.9 Å². The van der Waals surface area contributed by atoms with Crippen molar-refractivity contribution in [3.8, 4) is 5.75 Å². The number of aryl methyl sites for hydroxylation is 1. The molecule has 5 heteroatoms. The highest BCUT2D eigenvalue weighted by Gasteiger charge is 2.08. The fraction of sp³-hybridized carbons (Fsp3) is 0.231. The van der Waals surface area contributed by atoms with Gasteiger partial charge in [0.05, 0.1) is 16.6 Å². The number of ether oxygens (including phenoxy) is 1. The summed E-state index contributed by atoms with van der Waals surface area (Å²) < 4.78 is 8.39. The highest BCUT2D eigenvalue weighted by molar-refractivity contribution is 9.10. The molecule has 0 spiro atoms. The Hall–Kier alpha value is -1.62. The predicted octanol–water partition coefficient (Wildman–Crippen LogP) is 2.62. The van der Waals surface area contributed by atoms with E-state index in [0.717, 1.165) is 16.6 Å². The minimum absolute atomic E-state index is 0.480. The van der Waals surface area contributed by atoms with E-state index in [-0.39, 0.29) is 0 Å². The van der Waals surface area contributed by atoms with Crippen LogP contribution in [0.25, 0.3) is 0 Å². The highest BCUT2D eigenvalue weighted by Crippen LogP contribution is 2.27. The molecular formula is C13H13BrN2O2. The van der Waals surface area contributed by atoms with Gasteiger partial charge in [-0.15, -0.1) is 0 Å². The van der Waals surface area contributed by atoms with Gasteiger partial charge in [0, 0.05) is 25.9 Å². The lowest BCUT2D eigenvalue weighted by atomic mass is 10.2. The number of aldehydes is 1. The average Bonchev–Trinajstić information content (AvgIpc) is 2.77. The number of carbonyl (C=O) groups excluding carboxylic acids is 1. The van der Waals surface area contributed by atoms with E-state index in [1.165, 1.54) is 0 Å². The number of nitrogens with zero attached hydrogens (tertiary/aromatic N) is 2. The van der Waals surface area contributed by atoms with Crippen molar-refractivity contribution in [3.63, 3.8) is 0 Å². The van der Waals surface area contributed by atoms with Crippen LogP contribution < -0.4 is 4.74 Å². The predicted molar refractivity (Wildman–Crippen MR) is 71.9 cm³/mol. The minimum Gasteiger partial charge on any atom is -0.491 e. The molecule has 0 atom stereocenters. The average molecular weight is 309 g/mol. The van der Waals surface area contributed by atoms with Gasteiger partial charge in [-0.1, -0.05) is 6.07 Å². The molecule has 0 bridgehead atoms. The molecule has 0 radical (unpaired) electrons. The number of hydrogen-bond donors (Lipinski definition) is 0. The van der Waals surface area contributed by atoms with Gasteiger partial charge in [-0.05, 0) is 28.1 Å². The zero-order chi connectivity index (χ0) is 13.0. The second kappa shape index (κ2) is 5.82. The van der Waals surface area contributed by atoms with E-state index in [4.69, 9.17) is 4.74 Å². The van der Waals surface area contributed by atoms with Gasteiger partial charge in [0.2, 0.25) is 0 Å². The summed E-state index contributed by atoms with van der Waals surface area (Å²) in [4.78, 5) is 15.1. The smallest absolute Gasteiger partial charge is 0.153 e. The van der Waals surface area contributed by atoms with Crippen molar-refractivity contribution in [1.29, 1.82) is 0 Å². The van der Waals surface area contributed by atoms with Crippen LogP contribution >= 0.6 is 15.9 Å². The maximum atomic E-state index is 10.9. The van der Waals surface area contributed by atoms with Crippen LogP contribution in [0, 0.1) is 0 Å². The van der Waals surface area contributed by atoms with Crippen LogP contribution in [0.5, 0.6) is 5.75 Å². The quantitative estimate of drug-likeness (QED) is 0.798. The zero-order valence-electron chi connectivity index (χ0n) is 9.97. The number of halogens is 1. The van der Waals surface area contributed by atoms with Crippen molar-refractivity contribution < 1.29 is 9.53 Å². The topological polar surface area (TPSA) is 44.1 Å². The van der Waals surface area contributed by atoms with Gasteiger partial charge in [-0.2, -0.15) is 0 Å². The van der Waals surface area contributed by atoms with Crippen LogP contribution in [0.1, 0.15) is 16.2 Å². The summed E-state index contributed by atoms with van der Waals surface area (Å²) >= 11 is 3.38. The lowest BCUT2D eigenvalue weighted by Crippen LogP contribution is -2.07. The van der Waals surface area contributed by atoms with Crippen molar-refractivity contribution in [2.24, 2.45) is 7.05 Å². The van der Waals surface area contributed by atoms with Crippen LogP contribution in [0.3, 0.4) is 0 Å². The van der Waals surface area contributed by atoms with E-state index in [2.05, 4.69) is 20.9 Å². The van der Waals surface area contributed by atoms with Gasteiger partial charge in [0.15, 0.2) is 6.29 Å². The Morgan fingerprint density at radius 3 is 3.00 bits per heavy atom. The van der Waals surface area contributed by atoms with Crippen LogP contribution in [0.2, 0.25) is 0 Å². The molecule has 0 fully saturated rings. The number of para-hydroxylation sites is 1. The molecule has 0 saturated carbocycles. The molecule has 0 aliphatic rings. The first-order chi connectivity index (χ1) is 8.72. The normalized spacial score (nSPS) is 10.3. The van der Waals surface area contributed by atoms with Crippen molar-refractivity contribution in [3.05, 3.63) is 46.5 Å². The van der Waals surface area contributed by atoms with Gasteiger partial charge in [0.1, 0.15) is 11.6 Å². The third-order valence-electron chi connectivity index (χ3n) is 2.62. The fourth-order valence-corrected chi connectivity index (χ4v) is 2.15. The monoisotopic (exact) mass is 308 g/mol. The summed E-state index contributed by atoms with van der Waals surface area (Å²) in [6, 6.07) is 5.39. The van der Waals surface area contributed by atoms with Gasteiger partial charge >= 0.3 is 0 Å². The van der Waals surface area contributed by atoms with Crippen LogP contribution in [-0.4, -0.2) is 22.4 Å². The summed E-state index contributed by atoms with van der Waals surface area (Å²) in [5.74, 6) is 1.54. The van der Waals surface area contributed by atoms with Crippen LogP contribution in [-0.2, 0) is 13.5 Å². The number of aromatic nitrogens is 2. The second-order valence-corrected chi connectivity index (χ2v) is 4.68. The van der Waals surface area contributed by atoms with Crippen LogP contribution in [0.15, 0.2) is 35.1 Å². The standard InChI is InChI=1S/C13H13BrN2O2/c1-16-7-6-15-12(16)5-8-18-13-10(9-17)3-2-4-11(13)14/h2-4,6-7,9H,5,8H2,1H3. The summed E-state index contributed by atoms with van der Waals surface area (Å²) in [6.45, 7) is 0.480. The summed E-state index contributed by atoms with van der Waals surface area (Å²) in [7, 11) is 1.94. The Labute approximate surface area is 114 Å². The van der Waals surface area contributed by atoms with Crippen LogP contribution in [0.4, 0.5) is 0 Å². The Morgan fingerprint density at radius 2 is 2.33 bits per heavy atom. The summed E-state index contributed by atoms with van der Waals surface area (Å²) in [5.41, 5.74) is 0.546. The number of carbonyl (C=O) groups is 1. The van der Waals surface area contributed by atoms with Gasteiger partial charge in [-0.3, -0.25) is 4.79 Å². The SMILES string of the molecule is Cn1ccnc1CCOc1c(Br)cccc1C=O. The van der Waals surface area contributed by atoms with Crippen molar-refractivity contribution in [1.82, 2.24) is 9.55 Å².